The second kappa shape index (κ2) is 6.28. The fourth-order valence-corrected chi connectivity index (χ4v) is 5.78. The van der Waals surface area contributed by atoms with Gasteiger partial charge in [0, 0.05) is 6.04 Å². The van der Waals surface area contributed by atoms with Gasteiger partial charge in [-0.2, -0.15) is 17.5 Å². The Kier molecular flexibility index (Phi) is 4.57. The van der Waals surface area contributed by atoms with Crippen LogP contribution in [-0.4, -0.2) is 35.9 Å². The highest BCUT2D eigenvalue weighted by Crippen LogP contribution is 2.43. The van der Waals surface area contributed by atoms with E-state index in [9.17, 15) is 31.5 Å². The molecule has 1 aromatic carbocycles. The fraction of sp³-hybridized carbons (Fsp3) is 0.562. The van der Waals surface area contributed by atoms with E-state index in [4.69, 9.17) is 0 Å². The second-order valence-electron chi connectivity index (χ2n) is 6.56. The number of aliphatic carboxylic acids is 1. The number of halogens is 3. The zero-order valence-corrected chi connectivity index (χ0v) is 14.1. The summed E-state index contributed by atoms with van der Waals surface area (Å²) in [5.41, 5.74) is -0.946. The van der Waals surface area contributed by atoms with Gasteiger partial charge in [0.1, 0.15) is 6.04 Å². The summed E-state index contributed by atoms with van der Waals surface area (Å²) in [4.78, 5) is 11.3. The van der Waals surface area contributed by atoms with Crippen molar-refractivity contribution in [3.8, 4) is 0 Å². The van der Waals surface area contributed by atoms with E-state index >= 15 is 0 Å². The minimum atomic E-state index is -4.56. The first kappa shape index (κ1) is 18.2. The van der Waals surface area contributed by atoms with Crippen LogP contribution in [0.5, 0.6) is 0 Å². The number of nitrogens with zero attached hydrogens (tertiary/aromatic N) is 1. The molecule has 138 valence electrons. The summed E-state index contributed by atoms with van der Waals surface area (Å²) in [5.74, 6) is -1.23. The van der Waals surface area contributed by atoms with Crippen LogP contribution in [0.2, 0.25) is 0 Å². The Labute approximate surface area is 143 Å². The van der Waals surface area contributed by atoms with E-state index in [0.29, 0.717) is 18.6 Å². The molecule has 25 heavy (non-hydrogen) atoms. The highest BCUT2D eigenvalue weighted by Gasteiger charge is 2.51. The number of carbonyl (C=O) groups is 1. The number of hydrogen-bond acceptors (Lipinski definition) is 3. The fourth-order valence-electron chi connectivity index (χ4n) is 3.91. The normalized spacial score (nSPS) is 27.9. The summed E-state index contributed by atoms with van der Waals surface area (Å²) in [6.45, 7) is 0. The Hall–Kier alpha value is -1.61. The number of benzene rings is 1. The van der Waals surface area contributed by atoms with E-state index in [-0.39, 0.29) is 17.2 Å². The Balaban J connectivity index is 1.98. The lowest BCUT2D eigenvalue weighted by molar-refractivity contribution is -0.141. The monoisotopic (exact) mass is 377 g/mol. The molecule has 1 N–H and O–H groups in total. The summed E-state index contributed by atoms with van der Waals surface area (Å²) in [6, 6.07) is 1.64. The highest BCUT2D eigenvalue weighted by atomic mass is 32.2. The van der Waals surface area contributed by atoms with Crippen LogP contribution in [0.1, 0.15) is 37.7 Å². The lowest BCUT2D eigenvalue weighted by atomic mass is 9.85. The van der Waals surface area contributed by atoms with Crippen molar-refractivity contribution >= 4 is 16.0 Å². The van der Waals surface area contributed by atoms with Crippen LogP contribution < -0.4 is 0 Å². The van der Waals surface area contributed by atoms with Crippen molar-refractivity contribution in [2.75, 3.05) is 0 Å². The predicted molar refractivity (Wildman–Crippen MR) is 82.3 cm³/mol. The number of rotatable bonds is 3. The van der Waals surface area contributed by atoms with Crippen molar-refractivity contribution in [3.63, 3.8) is 0 Å². The number of fused-ring (bicyclic) bond motifs is 1. The highest BCUT2D eigenvalue weighted by molar-refractivity contribution is 7.89. The van der Waals surface area contributed by atoms with Gasteiger partial charge in [-0.25, -0.2) is 8.42 Å². The first-order valence-corrected chi connectivity index (χ1v) is 9.50. The third kappa shape index (κ3) is 3.27. The van der Waals surface area contributed by atoms with E-state index < -0.39 is 39.8 Å². The maximum absolute atomic E-state index is 12.9. The van der Waals surface area contributed by atoms with E-state index in [0.717, 1.165) is 35.7 Å². The molecule has 1 aliphatic carbocycles. The number of alkyl halides is 3. The third-order valence-corrected chi connectivity index (χ3v) is 7.02. The summed E-state index contributed by atoms with van der Waals surface area (Å²) < 4.78 is 64.9. The molecule has 3 atom stereocenters. The maximum Gasteiger partial charge on any atom is 0.416 e. The lowest BCUT2D eigenvalue weighted by Crippen LogP contribution is -2.46. The molecule has 1 saturated carbocycles. The second-order valence-corrected chi connectivity index (χ2v) is 8.40. The smallest absolute Gasteiger partial charge is 0.416 e. The Morgan fingerprint density at radius 2 is 1.72 bits per heavy atom. The molecule has 1 heterocycles. The van der Waals surface area contributed by atoms with Crippen LogP contribution in [-0.2, 0) is 21.0 Å². The van der Waals surface area contributed by atoms with Gasteiger partial charge in [-0.1, -0.05) is 12.8 Å². The standard InChI is InChI=1S/C16H18F3NO4S/c17-16(18,19)11-5-7-12(8-6-11)25(23,24)20-13-4-2-1-3-10(13)9-14(20)15(21)22/h5-8,10,13-14H,1-4,9H2,(H,21,22). The molecule has 3 unspecified atom stereocenters. The van der Waals surface area contributed by atoms with Crippen molar-refractivity contribution < 1.29 is 31.5 Å². The minimum Gasteiger partial charge on any atom is -0.480 e. The van der Waals surface area contributed by atoms with Gasteiger partial charge in [-0.05, 0) is 49.4 Å². The number of carboxylic acid groups (broad SMARTS) is 1. The van der Waals surface area contributed by atoms with Gasteiger partial charge < -0.3 is 5.11 Å². The summed E-state index contributed by atoms with van der Waals surface area (Å²) >= 11 is 0. The quantitative estimate of drug-likeness (QED) is 0.878. The predicted octanol–water partition coefficient (Wildman–Crippen LogP) is 3.11. The van der Waals surface area contributed by atoms with E-state index in [2.05, 4.69) is 0 Å². The van der Waals surface area contributed by atoms with Crippen LogP contribution in [0.4, 0.5) is 13.2 Å². The number of hydrogen-bond donors (Lipinski definition) is 1. The van der Waals surface area contributed by atoms with Gasteiger partial charge in [0.15, 0.2) is 0 Å². The molecule has 1 aromatic rings. The molecule has 0 spiro atoms. The van der Waals surface area contributed by atoms with Gasteiger partial charge in [-0.15, -0.1) is 0 Å². The Morgan fingerprint density at radius 1 is 1.12 bits per heavy atom. The van der Waals surface area contributed by atoms with Gasteiger partial charge >= 0.3 is 12.1 Å². The van der Waals surface area contributed by atoms with Crippen LogP contribution in [0, 0.1) is 5.92 Å². The van der Waals surface area contributed by atoms with Gasteiger partial charge in [0.25, 0.3) is 0 Å². The molecule has 2 fully saturated rings. The SMILES string of the molecule is O=C(O)C1CC2CCCCC2N1S(=O)(=O)c1ccc(C(F)(F)F)cc1. The van der Waals surface area contributed by atoms with Crippen LogP contribution in [0.15, 0.2) is 29.2 Å². The van der Waals surface area contributed by atoms with E-state index in [1.54, 1.807) is 0 Å². The van der Waals surface area contributed by atoms with Crippen LogP contribution >= 0.6 is 0 Å². The van der Waals surface area contributed by atoms with Crippen LogP contribution in [0.3, 0.4) is 0 Å². The molecule has 0 aromatic heterocycles. The Morgan fingerprint density at radius 3 is 2.28 bits per heavy atom. The molecule has 2 aliphatic rings. The van der Waals surface area contributed by atoms with Crippen molar-refractivity contribution in [2.24, 2.45) is 5.92 Å². The van der Waals surface area contributed by atoms with Crippen molar-refractivity contribution in [3.05, 3.63) is 29.8 Å². The molecule has 9 heteroatoms. The first-order valence-electron chi connectivity index (χ1n) is 8.06. The summed E-state index contributed by atoms with van der Waals surface area (Å²) in [5, 5.41) is 9.44. The average molecular weight is 377 g/mol. The molecule has 1 aliphatic heterocycles. The summed E-state index contributed by atoms with van der Waals surface area (Å²) in [7, 11) is -4.18. The minimum absolute atomic E-state index is 0.0147. The zero-order valence-electron chi connectivity index (χ0n) is 13.2. The lowest BCUT2D eigenvalue weighted by Gasteiger charge is -2.32. The largest absolute Gasteiger partial charge is 0.480 e. The maximum atomic E-state index is 12.9. The molecule has 1 saturated heterocycles. The van der Waals surface area contributed by atoms with Crippen molar-refractivity contribution in [1.82, 2.24) is 4.31 Å². The van der Waals surface area contributed by atoms with Gasteiger partial charge in [0.05, 0.1) is 10.5 Å². The zero-order chi connectivity index (χ0) is 18.4. The van der Waals surface area contributed by atoms with Gasteiger partial charge in [0.2, 0.25) is 10.0 Å². The van der Waals surface area contributed by atoms with Crippen molar-refractivity contribution in [1.29, 1.82) is 0 Å². The average Bonchev–Trinajstić information content (AvgIpc) is 2.94. The molecule has 0 bridgehead atoms. The first-order chi connectivity index (χ1) is 11.6. The summed E-state index contributed by atoms with van der Waals surface area (Å²) in [6.07, 6.45) is -1.22. The number of carboxylic acids is 1. The molecule has 5 nitrogen and oxygen atoms in total. The van der Waals surface area contributed by atoms with Crippen molar-refractivity contribution in [2.45, 2.75) is 55.3 Å². The topological polar surface area (TPSA) is 74.7 Å². The molecule has 0 radical (unpaired) electrons. The Bertz CT molecular complexity index is 761. The van der Waals surface area contributed by atoms with Crippen LogP contribution in [0.25, 0.3) is 0 Å². The van der Waals surface area contributed by atoms with Gasteiger partial charge in [-0.3, -0.25) is 4.79 Å². The van der Waals surface area contributed by atoms with E-state index in [1.165, 1.54) is 0 Å². The van der Waals surface area contributed by atoms with E-state index in [1.807, 2.05) is 0 Å². The molecular weight excluding hydrogens is 359 g/mol. The molecular formula is C16H18F3NO4S. The molecule has 0 amide bonds. The number of sulfonamides is 1. The third-order valence-electron chi connectivity index (χ3n) is 5.07. The molecule has 3 rings (SSSR count).